The summed E-state index contributed by atoms with van der Waals surface area (Å²) >= 11 is 0. The summed E-state index contributed by atoms with van der Waals surface area (Å²) in [6.07, 6.45) is 0.615. The molecule has 0 rings (SSSR count). The largest absolute Gasteiger partial charge is 0.394 e. The number of nitrogens with one attached hydrogen (secondary N) is 1. The van der Waals surface area contributed by atoms with Crippen LogP contribution < -0.4 is 11.1 Å². The average Bonchev–Trinajstić information content (AvgIpc) is 2.02. The SMILES string of the molecule is CCC(N)C(=O)NC(C)CO. The standard InChI is InChI=1S/C7H16N2O2/c1-3-6(8)7(11)9-5(2)4-10/h5-6,10H,3-4,8H2,1-2H3,(H,9,11). The van der Waals surface area contributed by atoms with E-state index in [9.17, 15) is 4.79 Å². The second kappa shape index (κ2) is 5.09. The van der Waals surface area contributed by atoms with Crippen LogP contribution in [0, 0.1) is 0 Å². The maximum atomic E-state index is 11.0. The van der Waals surface area contributed by atoms with Gasteiger partial charge in [0.15, 0.2) is 0 Å². The van der Waals surface area contributed by atoms with Gasteiger partial charge in [0.25, 0.3) is 0 Å². The number of aliphatic hydroxyl groups excluding tert-OH is 1. The Morgan fingerprint density at radius 3 is 2.64 bits per heavy atom. The second-order valence-corrected chi connectivity index (χ2v) is 2.61. The van der Waals surface area contributed by atoms with Crippen molar-refractivity contribution in [3.8, 4) is 0 Å². The fourth-order valence-corrected chi connectivity index (χ4v) is 0.581. The molecule has 0 aromatic rings. The van der Waals surface area contributed by atoms with E-state index in [-0.39, 0.29) is 18.6 Å². The molecular weight excluding hydrogens is 144 g/mol. The number of amides is 1. The van der Waals surface area contributed by atoms with E-state index >= 15 is 0 Å². The van der Waals surface area contributed by atoms with Crippen LogP contribution in [-0.4, -0.2) is 29.7 Å². The molecule has 66 valence electrons. The van der Waals surface area contributed by atoms with Gasteiger partial charge in [0, 0.05) is 6.04 Å². The molecular formula is C7H16N2O2. The highest BCUT2D eigenvalue weighted by Crippen LogP contribution is 1.87. The summed E-state index contributed by atoms with van der Waals surface area (Å²) in [7, 11) is 0. The van der Waals surface area contributed by atoms with Crippen molar-refractivity contribution in [1.82, 2.24) is 5.32 Å². The normalized spacial score (nSPS) is 15.6. The van der Waals surface area contributed by atoms with Crippen LogP contribution in [0.5, 0.6) is 0 Å². The van der Waals surface area contributed by atoms with Crippen LogP contribution in [-0.2, 0) is 4.79 Å². The van der Waals surface area contributed by atoms with Gasteiger partial charge in [-0.2, -0.15) is 0 Å². The Labute approximate surface area is 66.8 Å². The lowest BCUT2D eigenvalue weighted by molar-refractivity contribution is -0.123. The number of hydrogen-bond donors (Lipinski definition) is 3. The average molecular weight is 160 g/mol. The summed E-state index contributed by atoms with van der Waals surface area (Å²) in [4.78, 5) is 11.0. The Morgan fingerprint density at radius 2 is 2.27 bits per heavy atom. The van der Waals surface area contributed by atoms with Crippen molar-refractivity contribution in [2.24, 2.45) is 5.73 Å². The van der Waals surface area contributed by atoms with Gasteiger partial charge >= 0.3 is 0 Å². The van der Waals surface area contributed by atoms with Crippen molar-refractivity contribution < 1.29 is 9.90 Å². The third kappa shape index (κ3) is 3.95. The quantitative estimate of drug-likeness (QED) is 0.505. The molecule has 4 heteroatoms. The van der Waals surface area contributed by atoms with Gasteiger partial charge in [-0.05, 0) is 13.3 Å². The molecule has 0 aliphatic rings. The number of aliphatic hydroxyl groups is 1. The van der Waals surface area contributed by atoms with Crippen LogP contribution in [0.25, 0.3) is 0 Å². The van der Waals surface area contributed by atoms with Gasteiger partial charge in [-0.25, -0.2) is 0 Å². The minimum Gasteiger partial charge on any atom is -0.394 e. The third-order valence-electron chi connectivity index (χ3n) is 1.44. The van der Waals surface area contributed by atoms with Crippen molar-refractivity contribution in [1.29, 1.82) is 0 Å². The Bertz CT molecular complexity index is 128. The van der Waals surface area contributed by atoms with Crippen LogP contribution in [0.15, 0.2) is 0 Å². The van der Waals surface area contributed by atoms with Crippen LogP contribution in [0.2, 0.25) is 0 Å². The van der Waals surface area contributed by atoms with Gasteiger partial charge < -0.3 is 16.2 Å². The van der Waals surface area contributed by atoms with Crippen LogP contribution in [0.4, 0.5) is 0 Å². The zero-order valence-electron chi connectivity index (χ0n) is 7.00. The van der Waals surface area contributed by atoms with Crippen molar-refractivity contribution in [2.45, 2.75) is 32.4 Å². The van der Waals surface area contributed by atoms with Gasteiger partial charge in [0.1, 0.15) is 0 Å². The minimum absolute atomic E-state index is 0.0534. The van der Waals surface area contributed by atoms with E-state index in [1.165, 1.54) is 0 Å². The summed E-state index contributed by atoms with van der Waals surface area (Å²) in [5, 5.41) is 11.1. The van der Waals surface area contributed by atoms with E-state index in [0.29, 0.717) is 6.42 Å². The van der Waals surface area contributed by atoms with E-state index in [1.807, 2.05) is 6.92 Å². The molecule has 2 unspecified atom stereocenters. The maximum Gasteiger partial charge on any atom is 0.237 e. The smallest absolute Gasteiger partial charge is 0.237 e. The maximum absolute atomic E-state index is 11.0. The highest BCUT2D eigenvalue weighted by molar-refractivity contribution is 5.81. The molecule has 0 heterocycles. The third-order valence-corrected chi connectivity index (χ3v) is 1.44. The van der Waals surface area contributed by atoms with Crippen molar-refractivity contribution in [3.05, 3.63) is 0 Å². The minimum atomic E-state index is -0.455. The molecule has 11 heavy (non-hydrogen) atoms. The predicted octanol–water partition coefficient (Wildman–Crippen LogP) is -0.779. The van der Waals surface area contributed by atoms with Crippen LogP contribution in [0.3, 0.4) is 0 Å². The number of carbonyl (C=O) groups excluding carboxylic acids is 1. The van der Waals surface area contributed by atoms with Crippen molar-refractivity contribution in [2.75, 3.05) is 6.61 Å². The van der Waals surface area contributed by atoms with Crippen LogP contribution in [0.1, 0.15) is 20.3 Å². The molecule has 0 aromatic carbocycles. The van der Waals surface area contributed by atoms with Crippen molar-refractivity contribution >= 4 is 5.91 Å². The van der Waals surface area contributed by atoms with E-state index in [2.05, 4.69) is 5.32 Å². The second-order valence-electron chi connectivity index (χ2n) is 2.61. The van der Waals surface area contributed by atoms with Gasteiger partial charge in [0.2, 0.25) is 5.91 Å². The molecule has 0 saturated carbocycles. The van der Waals surface area contributed by atoms with Gasteiger partial charge in [0.05, 0.1) is 12.6 Å². The molecule has 0 radical (unpaired) electrons. The number of nitrogens with two attached hydrogens (primary N) is 1. The summed E-state index contributed by atoms with van der Waals surface area (Å²) in [5.74, 6) is -0.200. The molecule has 0 spiro atoms. The fraction of sp³-hybridized carbons (Fsp3) is 0.857. The molecule has 0 aliphatic heterocycles. The van der Waals surface area contributed by atoms with E-state index in [4.69, 9.17) is 10.8 Å². The first-order valence-electron chi connectivity index (χ1n) is 3.78. The Balaban J connectivity index is 3.68. The fourth-order valence-electron chi connectivity index (χ4n) is 0.581. The van der Waals surface area contributed by atoms with E-state index in [0.717, 1.165) is 0 Å². The lowest BCUT2D eigenvalue weighted by Crippen LogP contribution is -2.45. The molecule has 0 bridgehead atoms. The molecule has 4 nitrogen and oxygen atoms in total. The highest BCUT2D eigenvalue weighted by atomic mass is 16.3. The lowest BCUT2D eigenvalue weighted by atomic mass is 10.2. The molecule has 1 amide bonds. The molecule has 4 N–H and O–H groups in total. The first-order valence-corrected chi connectivity index (χ1v) is 3.78. The summed E-state index contributed by atoms with van der Waals surface area (Å²) in [6, 6.07) is -0.663. The molecule has 0 saturated heterocycles. The summed E-state index contributed by atoms with van der Waals surface area (Å²) < 4.78 is 0. The van der Waals surface area contributed by atoms with E-state index in [1.54, 1.807) is 6.92 Å². The monoisotopic (exact) mass is 160 g/mol. The van der Waals surface area contributed by atoms with Gasteiger partial charge in [-0.1, -0.05) is 6.92 Å². The number of hydrogen-bond acceptors (Lipinski definition) is 3. The van der Waals surface area contributed by atoms with Gasteiger partial charge in [-0.15, -0.1) is 0 Å². The first kappa shape index (κ1) is 10.4. The molecule has 0 aliphatic carbocycles. The molecule has 0 aromatic heterocycles. The first-order chi connectivity index (χ1) is 5.11. The summed E-state index contributed by atoms with van der Waals surface area (Å²) in [5.41, 5.74) is 5.43. The lowest BCUT2D eigenvalue weighted by Gasteiger charge is -2.13. The van der Waals surface area contributed by atoms with Crippen molar-refractivity contribution in [3.63, 3.8) is 0 Å². The summed E-state index contributed by atoms with van der Waals surface area (Å²) in [6.45, 7) is 3.51. The molecule has 2 atom stereocenters. The predicted molar refractivity (Wildman–Crippen MR) is 43.0 cm³/mol. The number of rotatable bonds is 4. The Hall–Kier alpha value is -0.610. The zero-order valence-corrected chi connectivity index (χ0v) is 7.00. The topological polar surface area (TPSA) is 75.4 Å². The Kier molecular flexibility index (Phi) is 4.81. The Morgan fingerprint density at radius 1 is 1.73 bits per heavy atom. The highest BCUT2D eigenvalue weighted by Gasteiger charge is 2.12. The number of carbonyl (C=O) groups is 1. The van der Waals surface area contributed by atoms with Crippen LogP contribution >= 0.6 is 0 Å². The van der Waals surface area contributed by atoms with E-state index < -0.39 is 6.04 Å². The zero-order chi connectivity index (χ0) is 8.85. The van der Waals surface area contributed by atoms with Gasteiger partial charge in [-0.3, -0.25) is 4.79 Å². The molecule has 0 fully saturated rings.